The summed E-state index contributed by atoms with van der Waals surface area (Å²) in [7, 11) is 0. The van der Waals surface area contributed by atoms with Crippen molar-refractivity contribution in [3.8, 4) is 5.88 Å². The van der Waals surface area contributed by atoms with E-state index in [0.29, 0.717) is 24.9 Å². The number of benzene rings is 1. The van der Waals surface area contributed by atoms with Crippen LogP contribution < -0.4 is 10.1 Å². The first kappa shape index (κ1) is 18.5. The molecule has 1 saturated carbocycles. The standard InChI is InChI=1S/C23H27N3O2/c27-22(11-5-6-18-16-25-21-10-4-3-9-20(18)21)26-15-17-12-13-24-23(14-17)28-19-7-1-2-8-19/h3-4,9-10,12-14,16,19,25H,1-2,5-8,11,15H2,(H,26,27). The van der Waals surface area contributed by atoms with Crippen LogP contribution in [0.4, 0.5) is 0 Å². The van der Waals surface area contributed by atoms with Crippen LogP contribution in [0.15, 0.2) is 48.8 Å². The van der Waals surface area contributed by atoms with Crippen molar-refractivity contribution in [3.05, 3.63) is 59.9 Å². The largest absolute Gasteiger partial charge is 0.474 e. The van der Waals surface area contributed by atoms with Crippen LogP contribution in [0.3, 0.4) is 0 Å². The van der Waals surface area contributed by atoms with Crippen molar-refractivity contribution in [2.24, 2.45) is 0 Å². The molecule has 0 atom stereocenters. The van der Waals surface area contributed by atoms with Gasteiger partial charge in [0.2, 0.25) is 11.8 Å². The minimum absolute atomic E-state index is 0.0786. The van der Waals surface area contributed by atoms with Gasteiger partial charge < -0.3 is 15.0 Å². The first-order valence-corrected chi connectivity index (χ1v) is 10.2. The van der Waals surface area contributed by atoms with E-state index in [1.54, 1.807) is 6.20 Å². The number of ether oxygens (including phenoxy) is 1. The van der Waals surface area contributed by atoms with Crippen molar-refractivity contribution in [1.82, 2.24) is 15.3 Å². The molecule has 1 aliphatic carbocycles. The molecule has 5 heteroatoms. The van der Waals surface area contributed by atoms with Gasteiger partial charge in [0.15, 0.2) is 0 Å². The number of nitrogens with one attached hydrogen (secondary N) is 2. The lowest BCUT2D eigenvalue weighted by Crippen LogP contribution is -2.22. The van der Waals surface area contributed by atoms with E-state index < -0.39 is 0 Å². The number of aryl methyl sites for hydroxylation is 1. The molecule has 4 rings (SSSR count). The predicted molar refractivity (Wildman–Crippen MR) is 110 cm³/mol. The van der Waals surface area contributed by atoms with Gasteiger partial charge in [0.05, 0.1) is 0 Å². The summed E-state index contributed by atoms with van der Waals surface area (Å²) in [5.74, 6) is 0.743. The first-order chi connectivity index (χ1) is 13.8. The van der Waals surface area contributed by atoms with Gasteiger partial charge in [0.25, 0.3) is 0 Å². The molecule has 2 aromatic heterocycles. The fourth-order valence-corrected chi connectivity index (χ4v) is 3.87. The summed E-state index contributed by atoms with van der Waals surface area (Å²) in [6.45, 7) is 0.509. The number of H-pyrrole nitrogens is 1. The molecule has 1 fully saturated rings. The highest BCUT2D eigenvalue weighted by molar-refractivity contribution is 5.83. The second-order valence-corrected chi connectivity index (χ2v) is 7.52. The average Bonchev–Trinajstić information content (AvgIpc) is 3.37. The molecule has 2 heterocycles. The number of aromatic amines is 1. The van der Waals surface area contributed by atoms with Crippen LogP contribution in [-0.4, -0.2) is 22.0 Å². The summed E-state index contributed by atoms with van der Waals surface area (Å²) in [5.41, 5.74) is 3.44. The van der Waals surface area contributed by atoms with Crippen molar-refractivity contribution in [1.29, 1.82) is 0 Å². The van der Waals surface area contributed by atoms with E-state index in [4.69, 9.17) is 4.74 Å². The number of hydrogen-bond donors (Lipinski definition) is 2. The van der Waals surface area contributed by atoms with Crippen LogP contribution in [-0.2, 0) is 17.8 Å². The summed E-state index contributed by atoms with van der Waals surface area (Å²) in [6.07, 6.45) is 11.0. The molecule has 0 unspecified atom stereocenters. The zero-order chi connectivity index (χ0) is 19.2. The molecule has 3 aromatic rings. The number of carbonyl (C=O) groups is 1. The molecule has 0 saturated heterocycles. The molecule has 0 spiro atoms. The maximum atomic E-state index is 12.2. The quantitative estimate of drug-likeness (QED) is 0.606. The Balaban J connectivity index is 1.22. The Morgan fingerprint density at radius 1 is 1.21 bits per heavy atom. The highest BCUT2D eigenvalue weighted by atomic mass is 16.5. The van der Waals surface area contributed by atoms with Crippen molar-refractivity contribution in [2.75, 3.05) is 0 Å². The van der Waals surface area contributed by atoms with Gasteiger partial charge >= 0.3 is 0 Å². The fraction of sp³-hybridized carbons (Fsp3) is 0.391. The van der Waals surface area contributed by atoms with Crippen molar-refractivity contribution < 1.29 is 9.53 Å². The Morgan fingerprint density at radius 3 is 2.96 bits per heavy atom. The Hall–Kier alpha value is -2.82. The number of fused-ring (bicyclic) bond motifs is 1. The molecular formula is C23H27N3O2. The Labute approximate surface area is 165 Å². The van der Waals surface area contributed by atoms with Crippen molar-refractivity contribution in [3.63, 3.8) is 0 Å². The van der Waals surface area contributed by atoms with Gasteiger partial charge in [0, 0.05) is 42.3 Å². The zero-order valence-electron chi connectivity index (χ0n) is 16.1. The van der Waals surface area contributed by atoms with Gasteiger partial charge in [-0.05, 0) is 61.8 Å². The minimum Gasteiger partial charge on any atom is -0.474 e. The Bertz CT molecular complexity index is 928. The third kappa shape index (κ3) is 4.71. The second kappa shape index (κ2) is 8.91. The Kier molecular flexibility index (Phi) is 5.90. The van der Waals surface area contributed by atoms with Gasteiger partial charge in [-0.15, -0.1) is 0 Å². The lowest BCUT2D eigenvalue weighted by molar-refractivity contribution is -0.121. The normalized spacial score (nSPS) is 14.4. The monoisotopic (exact) mass is 377 g/mol. The van der Waals surface area contributed by atoms with Gasteiger partial charge in [-0.25, -0.2) is 4.98 Å². The molecule has 28 heavy (non-hydrogen) atoms. The SMILES string of the molecule is O=C(CCCc1c[nH]c2ccccc12)NCc1ccnc(OC2CCCC2)c1. The van der Waals surface area contributed by atoms with Crippen LogP contribution >= 0.6 is 0 Å². The molecular weight excluding hydrogens is 350 g/mol. The van der Waals surface area contributed by atoms with Crippen molar-refractivity contribution >= 4 is 16.8 Å². The number of nitrogens with zero attached hydrogens (tertiary/aromatic N) is 1. The molecule has 5 nitrogen and oxygen atoms in total. The van der Waals surface area contributed by atoms with Crippen LogP contribution in [0, 0.1) is 0 Å². The zero-order valence-corrected chi connectivity index (χ0v) is 16.1. The number of carbonyl (C=O) groups excluding carboxylic acids is 1. The highest BCUT2D eigenvalue weighted by Gasteiger charge is 2.17. The molecule has 1 amide bonds. The van der Waals surface area contributed by atoms with Crippen LogP contribution in [0.1, 0.15) is 49.7 Å². The number of amides is 1. The smallest absolute Gasteiger partial charge is 0.220 e. The maximum Gasteiger partial charge on any atom is 0.220 e. The predicted octanol–water partition coefficient (Wildman–Crippen LogP) is 4.52. The topological polar surface area (TPSA) is 67.0 Å². The number of aromatic nitrogens is 2. The third-order valence-corrected chi connectivity index (χ3v) is 5.40. The lowest BCUT2D eigenvalue weighted by Gasteiger charge is -2.13. The van der Waals surface area contributed by atoms with E-state index in [-0.39, 0.29) is 5.91 Å². The molecule has 2 N–H and O–H groups in total. The van der Waals surface area contributed by atoms with E-state index in [1.165, 1.54) is 23.8 Å². The fourth-order valence-electron chi connectivity index (χ4n) is 3.87. The highest BCUT2D eigenvalue weighted by Crippen LogP contribution is 2.23. The maximum absolute atomic E-state index is 12.2. The summed E-state index contributed by atoms with van der Waals surface area (Å²) in [5, 5.41) is 4.25. The summed E-state index contributed by atoms with van der Waals surface area (Å²) >= 11 is 0. The van der Waals surface area contributed by atoms with Gasteiger partial charge in [-0.3, -0.25) is 4.79 Å². The summed E-state index contributed by atoms with van der Waals surface area (Å²) in [4.78, 5) is 19.8. The second-order valence-electron chi connectivity index (χ2n) is 7.52. The summed E-state index contributed by atoms with van der Waals surface area (Å²) < 4.78 is 5.94. The van der Waals surface area contributed by atoms with Crippen molar-refractivity contribution in [2.45, 2.75) is 57.6 Å². The molecule has 0 aliphatic heterocycles. The average molecular weight is 377 g/mol. The summed E-state index contributed by atoms with van der Waals surface area (Å²) in [6, 6.07) is 12.1. The lowest BCUT2D eigenvalue weighted by atomic mass is 10.1. The van der Waals surface area contributed by atoms with Gasteiger partial charge in [0.1, 0.15) is 6.10 Å². The number of rotatable bonds is 8. The molecule has 0 radical (unpaired) electrons. The molecule has 1 aliphatic rings. The molecule has 0 bridgehead atoms. The number of para-hydroxylation sites is 1. The third-order valence-electron chi connectivity index (χ3n) is 5.40. The number of hydrogen-bond acceptors (Lipinski definition) is 3. The Morgan fingerprint density at radius 2 is 2.07 bits per heavy atom. The molecule has 1 aromatic carbocycles. The van der Waals surface area contributed by atoms with E-state index in [0.717, 1.165) is 36.8 Å². The minimum atomic E-state index is 0.0786. The molecule has 146 valence electrons. The van der Waals surface area contributed by atoms with E-state index in [9.17, 15) is 4.79 Å². The van der Waals surface area contributed by atoms with E-state index in [2.05, 4.69) is 27.4 Å². The van der Waals surface area contributed by atoms with E-state index in [1.807, 2.05) is 30.5 Å². The van der Waals surface area contributed by atoms with E-state index >= 15 is 0 Å². The van der Waals surface area contributed by atoms with Gasteiger partial charge in [-0.2, -0.15) is 0 Å². The van der Waals surface area contributed by atoms with Crippen LogP contribution in [0.5, 0.6) is 5.88 Å². The number of pyridine rings is 1. The first-order valence-electron chi connectivity index (χ1n) is 10.2. The van der Waals surface area contributed by atoms with Crippen LogP contribution in [0.25, 0.3) is 10.9 Å². The van der Waals surface area contributed by atoms with Gasteiger partial charge in [-0.1, -0.05) is 18.2 Å². The van der Waals surface area contributed by atoms with Crippen LogP contribution in [0.2, 0.25) is 0 Å².